The van der Waals surface area contributed by atoms with E-state index in [1.807, 2.05) is 16.6 Å². The molecule has 0 aromatic carbocycles. The normalized spacial score (nSPS) is 18.0. The van der Waals surface area contributed by atoms with Crippen LogP contribution < -0.4 is 5.32 Å². The molecule has 1 unspecified atom stereocenters. The molecule has 24 heavy (non-hydrogen) atoms. The Morgan fingerprint density at radius 3 is 2.67 bits per heavy atom. The quantitative estimate of drug-likeness (QED) is 0.900. The molecule has 3 heterocycles. The number of nitrogens with zero attached hydrogens (tertiary/aromatic N) is 5. The molecule has 7 nitrogen and oxygen atoms in total. The van der Waals surface area contributed by atoms with Crippen molar-refractivity contribution in [1.82, 2.24) is 24.7 Å². The number of ether oxygens (including phenoxy) is 1. The molecule has 2 aromatic rings. The van der Waals surface area contributed by atoms with Crippen LogP contribution in [0.1, 0.15) is 33.5 Å². The first kappa shape index (κ1) is 17.1. The number of anilines is 1. The van der Waals surface area contributed by atoms with E-state index in [1.54, 1.807) is 0 Å². The van der Waals surface area contributed by atoms with Crippen LogP contribution in [-0.2, 0) is 10.2 Å². The highest BCUT2D eigenvalue weighted by Gasteiger charge is 2.22. The van der Waals surface area contributed by atoms with Gasteiger partial charge in [0.1, 0.15) is 5.82 Å². The van der Waals surface area contributed by atoms with Crippen molar-refractivity contribution in [2.24, 2.45) is 5.92 Å². The second-order valence-electron chi connectivity index (χ2n) is 7.66. The summed E-state index contributed by atoms with van der Waals surface area (Å²) in [5.41, 5.74) is 0.695. The number of nitrogens with one attached hydrogen (secondary N) is 1. The van der Waals surface area contributed by atoms with Crippen LogP contribution in [0, 0.1) is 5.92 Å². The number of hydrogen-bond donors (Lipinski definition) is 1. The Kier molecular flexibility index (Phi) is 5.01. The summed E-state index contributed by atoms with van der Waals surface area (Å²) < 4.78 is 7.24. The molecule has 0 spiro atoms. The highest BCUT2D eigenvalue weighted by Crippen LogP contribution is 2.20. The number of rotatable bonds is 5. The molecule has 1 saturated heterocycles. The van der Waals surface area contributed by atoms with Crippen molar-refractivity contribution in [2.45, 2.75) is 33.1 Å². The van der Waals surface area contributed by atoms with Gasteiger partial charge in [0.05, 0.1) is 13.2 Å². The monoisotopic (exact) mass is 332 g/mol. The third-order valence-electron chi connectivity index (χ3n) is 4.24. The van der Waals surface area contributed by atoms with Crippen LogP contribution in [0.15, 0.2) is 12.1 Å². The van der Waals surface area contributed by atoms with Crippen LogP contribution in [-0.4, -0.2) is 64.1 Å². The molecule has 0 radical (unpaired) electrons. The molecule has 1 fully saturated rings. The highest BCUT2D eigenvalue weighted by molar-refractivity contribution is 5.44. The van der Waals surface area contributed by atoms with Gasteiger partial charge < -0.3 is 10.1 Å². The Hall–Kier alpha value is -1.73. The van der Waals surface area contributed by atoms with Crippen LogP contribution in [0.5, 0.6) is 0 Å². The summed E-state index contributed by atoms with van der Waals surface area (Å²) in [5.74, 6) is 2.28. The van der Waals surface area contributed by atoms with Gasteiger partial charge in [-0.15, -0.1) is 15.3 Å². The first-order chi connectivity index (χ1) is 11.4. The Morgan fingerprint density at radius 2 is 1.96 bits per heavy atom. The first-order valence-electron chi connectivity index (χ1n) is 8.70. The maximum absolute atomic E-state index is 5.40. The Labute approximate surface area is 143 Å². The van der Waals surface area contributed by atoms with Crippen molar-refractivity contribution in [3.8, 4) is 0 Å². The summed E-state index contributed by atoms with van der Waals surface area (Å²) in [4.78, 5) is 2.46. The number of fused-ring (bicyclic) bond motifs is 1. The lowest BCUT2D eigenvalue weighted by Gasteiger charge is -2.29. The average molecular weight is 332 g/mol. The Bertz CT molecular complexity index is 671. The lowest BCUT2D eigenvalue weighted by Crippen LogP contribution is -2.40. The van der Waals surface area contributed by atoms with E-state index in [9.17, 15) is 0 Å². The predicted molar refractivity (Wildman–Crippen MR) is 94.4 cm³/mol. The van der Waals surface area contributed by atoms with E-state index in [2.05, 4.69) is 53.2 Å². The topological polar surface area (TPSA) is 67.6 Å². The zero-order chi connectivity index (χ0) is 17.2. The molecular formula is C17H28N6O. The molecule has 0 bridgehead atoms. The smallest absolute Gasteiger partial charge is 0.178 e. The first-order valence-corrected chi connectivity index (χ1v) is 8.70. The van der Waals surface area contributed by atoms with E-state index in [0.717, 1.165) is 56.7 Å². The standard InChI is InChI=1S/C17H28N6O/c1-13(12-22-7-9-24-10-8-22)11-18-14-5-6-15-19-20-16(17(2,3)4)23(15)21-14/h5-6,13H,7-12H2,1-4H3,(H,18,21). The molecule has 2 aromatic heterocycles. The van der Waals surface area contributed by atoms with Crippen molar-refractivity contribution in [1.29, 1.82) is 0 Å². The van der Waals surface area contributed by atoms with Gasteiger partial charge in [-0.05, 0) is 18.1 Å². The largest absolute Gasteiger partial charge is 0.379 e. The van der Waals surface area contributed by atoms with Gasteiger partial charge in [0.15, 0.2) is 11.5 Å². The fraction of sp³-hybridized carbons (Fsp3) is 0.706. The summed E-state index contributed by atoms with van der Waals surface area (Å²) in [7, 11) is 0. The number of morpholine rings is 1. The average Bonchev–Trinajstić information content (AvgIpc) is 2.97. The third kappa shape index (κ3) is 4.02. The van der Waals surface area contributed by atoms with Crippen LogP contribution in [0.2, 0.25) is 0 Å². The van der Waals surface area contributed by atoms with Gasteiger partial charge in [-0.2, -0.15) is 4.52 Å². The Balaban J connectivity index is 1.62. The van der Waals surface area contributed by atoms with E-state index < -0.39 is 0 Å². The fourth-order valence-electron chi connectivity index (χ4n) is 2.92. The summed E-state index contributed by atoms with van der Waals surface area (Å²) >= 11 is 0. The molecule has 1 aliphatic heterocycles. The SMILES string of the molecule is CC(CNc1ccc2nnc(C(C)(C)C)n2n1)CN1CCOCC1. The van der Waals surface area contributed by atoms with Gasteiger partial charge in [0, 0.05) is 31.6 Å². The number of aromatic nitrogens is 4. The minimum Gasteiger partial charge on any atom is -0.379 e. The molecule has 1 N–H and O–H groups in total. The van der Waals surface area contributed by atoms with Gasteiger partial charge >= 0.3 is 0 Å². The van der Waals surface area contributed by atoms with Gasteiger partial charge in [0.2, 0.25) is 0 Å². The summed E-state index contributed by atoms with van der Waals surface area (Å²) in [6.45, 7) is 14.4. The minimum atomic E-state index is -0.0886. The summed E-state index contributed by atoms with van der Waals surface area (Å²) in [5, 5.41) is 16.6. The molecular weight excluding hydrogens is 304 g/mol. The van der Waals surface area contributed by atoms with Crippen LogP contribution in [0.3, 0.4) is 0 Å². The Morgan fingerprint density at radius 1 is 1.21 bits per heavy atom. The predicted octanol–water partition coefficient (Wildman–Crippen LogP) is 1.80. The van der Waals surface area contributed by atoms with Crippen molar-refractivity contribution in [3.05, 3.63) is 18.0 Å². The lowest BCUT2D eigenvalue weighted by atomic mass is 9.96. The van der Waals surface area contributed by atoms with Gasteiger partial charge in [-0.1, -0.05) is 27.7 Å². The van der Waals surface area contributed by atoms with Crippen LogP contribution in [0.4, 0.5) is 5.82 Å². The van der Waals surface area contributed by atoms with Gasteiger partial charge in [-0.3, -0.25) is 4.90 Å². The van der Waals surface area contributed by atoms with Gasteiger partial charge in [-0.25, -0.2) is 0 Å². The van der Waals surface area contributed by atoms with E-state index in [-0.39, 0.29) is 5.41 Å². The van der Waals surface area contributed by atoms with E-state index in [0.29, 0.717) is 5.92 Å². The summed E-state index contributed by atoms with van der Waals surface area (Å²) in [6.07, 6.45) is 0. The number of hydrogen-bond acceptors (Lipinski definition) is 6. The highest BCUT2D eigenvalue weighted by atomic mass is 16.5. The molecule has 7 heteroatoms. The third-order valence-corrected chi connectivity index (χ3v) is 4.24. The zero-order valence-corrected chi connectivity index (χ0v) is 15.1. The molecule has 1 atom stereocenters. The van der Waals surface area contributed by atoms with Crippen molar-refractivity contribution in [2.75, 3.05) is 44.7 Å². The van der Waals surface area contributed by atoms with Crippen molar-refractivity contribution >= 4 is 11.5 Å². The second kappa shape index (κ2) is 7.03. The second-order valence-corrected chi connectivity index (χ2v) is 7.66. The summed E-state index contributed by atoms with van der Waals surface area (Å²) in [6, 6.07) is 3.93. The maximum Gasteiger partial charge on any atom is 0.178 e. The molecule has 0 saturated carbocycles. The van der Waals surface area contributed by atoms with Gasteiger partial charge in [0.25, 0.3) is 0 Å². The molecule has 132 valence electrons. The zero-order valence-electron chi connectivity index (χ0n) is 15.1. The van der Waals surface area contributed by atoms with E-state index in [1.165, 1.54) is 0 Å². The molecule has 0 aliphatic carbocycles. The van der Waals surface area contributed by atoms with Crippen LogP contribution >= 0.6 is 0 Å². The molecule has 3 rings (SSSR count). The molecule has 0 amide bonds. The minimum absolute atomic E-state index is 0.0886. The van der Waals surface area contributed by atoms with Crippen LogP contribution in [0.25, 0.3) is 5.65 Å². The van der Waals surface area contributed by atoms with E-state index >= 15 is 0 Å². The molecule has 1 aliphatic rings. The lowest BCUT2D eigenvalue weighted by molar-refractivity contribution is 0.0325. The van der Waals surface area contributed by atoms with Crippen molar-refractivity contribution < 1.29 is 4.74 Å². The van der Waals surface area contributed by atoms with Crippen molar-refractivity contribution in [3.63, 3.8) is 0 Å². The maximum atomic E-state index is 5.40. The fourth-order valence-corrected chi connectivity index (χ4v) is 2.92. The van der Waals surface area contributed by atoms with E-state index in [4.69, 9.17) is 4.74 Å².